The number of hydrogen-bond acceptors (Lipinski definition) is 5. The molecule has 2 rings (SSSR count). The van der Waals surface area contributed by atoms with Crippen LogP contribution >= 0.6 is 11.6 Å². The van der Waals surface area contributed by atoms with Crippen LogP contribution in [0.25, 0.3) is 0 Å². The van der Waals surface area contributed by atoms with Crippen LogP contribution in [0.3, 0.4) is 0 Å². The number of halogens is 4. The van der Waals surface area contributed by atoms with Crippen LogP contribution in [0.2, 0.25) is 5.02 Å². The van der Waals surface area contributed by atoms with Crippen molar-refractivity contribution in [1.29, 1.82) is 0 Å². The molecule has 11 heteroatoms. The summed E-state index contributed by atoms with van der Waals surface area (Å²) < 4.78 is 73.1. The summed E-state index contributed by atoms with van der Waals surface area (Å²) in [5, 5.41) is 8.96. The highest BCUT2D eigenvalue weighted by atomic mass is 35.5. The molecule has 0 radical (unpaired) electrons. The SMILES string of the molecule is CCC(Oc1ccc(C(F)(F)F)cc1Oc1ccc(S(C)(=O)=O)cc1Cl)C(=O)O. The number of carboxylic acid groups (broad SMARTS) is 1. The Morgan fingerprint density at radius 3 is 2.24 bits per heavy atom. The Labute approximate surface area is 169 Å². The lowest BCUT2D eigenvalue weighted by Crippen LogP contribution is -2.26. The lowest BCUT2D eigenvalue weighted by atomic mass is 10.2. The van der Waals surface area contributed by atoms with E-state index in [-0.39, 0.29) is 27.8 Å². The van der Waals surface area contributed by atoms with E-state index in [2.05, 4.69) is 0 Å². The number of aliphatic carboxylic acids is 1. The van der Waals surface area contributed by atoms with Crippen molar-refractivity contribution in [3.8, 4) is 17.2 Å². The molecule has 0 spiro atoms. The van der Waals surface area contributed by atoms with Gasteiger partial charge in [0.05, 0.1) is 15.5 Å². The van der Waals surface area contributed by atoms with Crippen LogP contribution in [0.15, 0.2) is 41.3 Å². The lowest BCUT2D eigenvalue weighted by Gasteiger charge is -2.18. The zero-order valence-corrected chi connectivity index (χ0v) is 16.7. The van der Waals surface area contributed by atoms with E-state index in [0.29, 0.717) is 6.07 Å². The van der Waals surface area contributed by atoms with Gasteiger partial charge in [-0.1, -0.05) is 18.5 Å². The van der Waals surface area contributed by atoms with E-state index in [1.54, 1.807) is 0 Å². The highest BCUT2D eigenvalue weighted by molar-refractivity contribution is 7.90. The van der Waals surface area contributed by atoms with Gasteiger partial charge in [0.2, 0.25) is 0 Å². The molecule has 0 aliphatic rings. The summed E-state index contributed by atoms with van der Waals surface area (Å²) >= 11 is 6.00. The van der Waals surface area contributed by atoms with Crippen molar-refractivity contribution < 1.29 is 41.0 Å². The largest absolute Gasteiger partial charge is 0.479 e. The molecule has 2 aromatic rings. The van der Waals surface area contributed by atoms with Crippen molar-refractivity contribution >= 4 is 27.4 Å². The number of ether oxygens (including phenoxy) is 2. The van der Waals surface area contributed by atoms with Crippen molar-refractivity contribution in [3.63, 3.8) is 0 Å². The minimum atomic E-state index is -4.68. The van der Waals surface area contributed by atoms with Crippen LogP contribution in [-0.4, -0.2) is 31.9 Å². The smallest absolute Gasteiger partial charge is 0.416 e. The second kappa shape index (κ2) is 8.50. The van der Waals surface area contributed by atoms with Gasteiger partial charge < -0.3 is 14.6 Å². The highest BCUT2D eigenvalue weighted by Crippen LogP contribution is 2.40. The van der Waals surface area contributed by atoms with Crippen molar-refractivity contribution in [3.05, 3.63) is 47.0 Å². The van der Waals surface area contributed by atoms with Crippen LogP contribution < -0.4 is 9.47 Å². The summed E-state index contributed by atoms with van der Waals surface area (Å²) in [5.41, 5.74) is -1.05. The van der Waals surface area contributed by atoms with Gasteiger partial charge in [-0.2, -0.15) is 13.2 Å². The van der Waals surface area contributed by atoms with Crippen molar-refractivity contribution in [2.45, 2.75) is 30.5 Å². The molecule has 0 fully saturated rings. The molecule has 2 aromatic carbocycles. The first-order valence-corrected chi connectivity index (χ1v) is 10.4. The Hall–Kier alpha value is -2.46. The zero-order chi connectivity index (χ0) is 22.0. The number of hydrogen-bond donors (Lipinski definition) is 1. The number of sulfone groups is 1. The molecule has 0 heterocycles. The van der Waals surface area contributed by atoms with Crippen molar-refractivity contribution in [2.24, 2.45) is 0 Å². The summed E-state index contributed by atoms with van der Waals surface area (Å²) in [7, 11) is -3.56. The van der Waals surface area contributed by atoms with E-state index in [0.717, 1.165) is 24.5 Å². The molecule has 0 bridgehead atoms. The molecule has 0 saturated carbocycles. The van der Waals surface area contributed by atoms with Gasteiger partial charge in [0.15, 0.2) is 27.4 Å². The molecule has 158 valence electrons. The second-order valence-electron chi connectivity index (χ2n) is 5.98. The van der Waals surface area contributed by atoms with Crippen LogP contribution in [-0.2, 0) is 20.8 Å². The van der Waals surface area contributed by atoms with E-state index >= 15 is 0 Å². The first-order chi connectivity index (χ1) is 13.3. The lowest BCUT2D eigenvalue weighted by molar-refractivity contribution is -0.145. The molecule has 6 nitrogen and oxygen atoms in total. The molecule has 0 aromatic heterocycles. The standard InChI is InChI=1S/C18H16ClF3O6S/c1-3-13(17(23)24)27-15-6-4-10(18(20,21)22)8-16(15)28-14-7-5-11(9-12(14)19)29(2,25)26/h4-9,13H,3H2,1-2H3,(H,23,24). The van der Waals surface area contributed by atoms with Crippen molar-refractivity contribution in [1.82, 2.24) is 0 Å². The van der Waals surface area contributed by atoms with E-state index in [1.807, 2.05) is 0 Å². The number of rotatable bonds is 7. The average Bonchev–Trinajstić information content (AvgIpc) is 2.60. The predicted molar refractivity (Wildman–Crippen MR) is 98.4 cm³/mol. The maximum absolute atomic E-state index is 13.1. The summed E-state index contributed by atoms with van der Waals surface area (Å²) in [6.07, 6.45) is -4.97. The fourth-order valence-corrected chi connectivity index (χ4v) is 3.17. The quantitative estimate of drug-likeness (QED) is 0.649. The highest BCUT2D eigenvalue weighted by Gasteiger charge is 2.32. The maximum Gasteiger partial charge on any atom is 0.416 e. The van der Waals surface area contributed by atoms with Gasteiger partial charge in [-0.05, 0) is 42.8 Å². The third-order valence-corrected chi connectivity index (χ3v) is 5.14. The second-order valence-corrected chi connectivity index (χ2v) is 8.40. The number of alkyl halides is 3. The van der Waals surface area contributed by atoms with Crippen LogP contribution in [0, 0.1) is 0 Å². The van der Waals surface area contributed by atoms with Gasteiger partial charge in [-0.25, -0.2) is 13.2 Å². The van der Waals surface area contributed by atoms with Gasteiger partial charge >= 0.3 is 12.1 Å². The van der Waals surface area contributed by atoms with Crippen LogP contribution in [0.4, 0.5) is 13.2 Å². The Morgan fingerprint density at radius 2 is 1.76 bits per heavy atom. The Morgan fingerprint density at radius 1 is 1.14 bits per heavy atom. The number of carboxylic acids is 1. The van der Waals surface area contributed by atoms with Crippen LogP contribution in [0.1, 0.15) is 18.9 Å². The van der Waals surface area contributed by atoms with Gasteiger partial charge in [-0.3, -0.25) is 0 Å². The minimum Gasteiger partial charge on any atom is -0.479 e. The maximum atomic E-state index is 13.1. The zero-order valence-electron chi connectivity index (χ0n) is 15.2. The fraction of sp³-hybridized carbons (Fsp3) is 0.278. The Bertz CT molecular complexity index is 1020. The first-order valence-electron chi connectivity index (χ1n) is 8.11. The summed E-state index contributed by atoms with van der Waals surface area (Å²) in [6.45, 7) is 1.53. The Balaban J connectivity index is 2.49. The van der Waals surface area contributed by atoms with E-state index < -0.39 is 39.4 Å². The third-order valence-electron chi connectivity index (χ3n) is 3.74. The van der Waals surface area contributed by atoms with E-state index in [4.69, 9.17) is 26.2 Å². The molecular weight excluding hydrogens is 437 g/mol. The number of carbonyl (C=O) groups is 1. The average molecular weight is 453 g/mol. The molecule has 0 saturated heterocycles. The van der Waals surface area contributed by atoms with Gasteiger partial charge in [0, 0.05) is 6.26 Å². The minimum absolute atomic E-state index is 0.0552. The third kappa shape index (κ3) is 5.77. The fourth-order valence-electron chi connectivity index (χ4n) is 2.24. The molecule has 29 heavy (non-hydrogen) atoms. The van der Waals surface area contributed by atoms with Gasteiger partial charge in [-0.15, -0.1) is 0 Å². The molecule has 0 aliphatic carbocycles. The molecular formula is C18H16ClF3O6S. The monoisotopic (exact) mass is 452 g/mol. The summed E-state index contributed by atoms with van der Waals surface area (Å²) in [5.74, 6) is -2.09. The van der Waals surface area contributed by atoms with Gasteiger partial charge in [0.25, 0.3) is 0 Å². The summed E-state index contributed by atoms with van der Waals surface area (Å²) in [4.78, 5) is 11.1. The molecule has 1 N–H and O–H groups in total. The normalized spacial score (nSPS) is 13.0. The Kier molecular flexibility index (Phi) is 6.69. The molecule has 1 atom stereocenters. The van der Waals surface area contributed by atoms with Gasteiger partial charge in [0.1, 0.15) is 5.75 Å². The van der Waals surface area contributed by atoms with Crippen molar-refractivity contribution in [2.75, 3.05) is 6.26 Å². The van der Waals surface area contributed by atoms with E-state index in [9.17, 15) is 26.4 Å². The molecule has 1 unspecified atom stereocenters. The molecule has 0 amide bonds. The predicted octanol–water partition coefficient (Wildman–Crippen LogP) is 4.80. The first kappa shape index (κ1) is 22.8. The summed E-state index contributed by atoms with van der Waals surface area (Å²) in [6, 6.07) is 5.76. The van der Waals surface area contributed by atoms with E-state index in [1.165, 1.54) is 19.1 Å². The molecule has 0 aliphatic heterocycles. The topological polar surface area (TPSA) is 89.9 Å². The van der Waals surface area contributed by atoms with Crippen LogP contribution in [0.5, 0.6) is 17.2 Å². The number of benzene rings is 2.